The lowest BCUT2D eigenvalue weighted by Crippen LogP contribution is -2.17. The van der Waals surface area contributed by atoms with Gasteiger partial charge in [-0.2, -0.15) is 0 Å². The Bertz CT molecular complexity index is 1460. The third-order valence-electron chi connectivity index (χ3n) is 5.86. The monoisotopic (exact) mass is 484 g/mol. The van der Waals surface area contributed by atoms with Crippen LogP contribution in [0.15, 0.2) is 65.4 Å². The number of pyridine rings is 1. The standard InChI is InChI=1S/C26H28N8O2/c1-2-34-24-20(35-13-7-12-29-15-17-8-6-11-19(27)14-17)16-30-21(18-9-4-3-5-10-18)22(24)31-26(34)23-25(28)33-36-32-23/h3-6,8-11,14,16,29H,2,7,12-13,15,27H2,1H3,(H2,28,33). The van der Waals surface area contributed by atoms with E-state index in [9.17, 15) is 0 Å². The Hall–Kier alpha value is -4.44. The topological polar surface area (TPSA) is 143 Å². The van der Waals surface area contributed by atoms with Crippen LogP contribution in [0, 0.1) is 0 Å². The van der Waals surface area contributed by atoms with Gasteiger partial charge in [-0.05, 0) is 47.9 Å². The predicted molar refractivity (Wildman–Crippen MR) is 139 cm³/mol. The third kappa shape index (κ3) is 4.71. The van der Waals surface area contributed by atoms with E-state index in [1.54, 1.807) is 6.20 Å². The molecule has 5 aromatic rings. The molecule has 5 rings (SSSR count). The second-order valence-electron chi connectivity index (χ2n) is 8.34. The average molecular weight is 485 g/mol. The Morgan fingerprint density at radius 1 is 1.03 bits per heavy atom. The van der Waals surface area contributed by atoms with Gasteiger partial charge in [0.15, 0.2) is 23.1 Å². The number of rotatable bonds is 10. The summed E-state index contributed by atoms with van der Waals surface area (Å²) < 4.78 is 13.1. The number of fused-ring (bicyclic) bond motifs is 1. The van der Waals surface area contributed by atoms with Gasteiger partial charge in [-0.1, -0.05) is 42.5 Å². The van der Waals surface area contributed by atoms with Crippen molar-refractivity contribution in [1.29, 1.82) is 0 Å². The maximum absolute atomic E-state index is 6.21. The maximum Gasteiger partial charge on any atom is 0.199 e. The van der Waals surface area contributed by atoms with Crippen molar-refractivity contribution in [2.75, 3.05) is 24.6 Å². The van der Waals surface area contributed by atoms with Crippen LogP contribution in [-0.4, -0.2) is 38.0 Å². The lowest BCUT2D eigenvalue weighted by molar-refractivity contribution is 0.308. The number of nitrogens with two attached hydrogens (primary N) is 2. The van der Waals surface area contributed by atoms with Gasteiger partial charge in [-0.3, -0.25) is 0 Å². The number of aromatic nitrogens is 5. The van der Waals surface area contributed by atoms with Crippen molar-refractivity contribution in [1.82, 2.24) is 30.2 Å². The molecule has 0 bridgehead atoms. The lowest BCUT2D eigenvalue weighted by atomic mass is 10.1. The fourth-order valence-corrected chi connectivity index (χ4v) is 4.18. The first-order valence-electron chi connectivity index (χ1n) is 11.9. The second kappa shape index (κ2) is 10.4. The van der Waals surface area contributed by atoms with Gasteiger partial charge in [0, 0.05) is 24.3 Å². The minimum absolute atomic E-state index is 0.183. The number of anilines is 2. The fourth-order valence-electron chi connectivity index (χ4n) is 4.18. The fraction of sp³-hybridized carbons (Fsp3) is 0.231. The number of nitrogens with zero attached hydrogens (tertiary/aromatic N) is 5. The molecule has 0 atom stereocenters. The number of imidazole rings is 1. The minimum atomic E-state index is 0.183. The molecule has 3 aromatic heterocycles. The Kier molecular flexibility index (Phi) is 6.76. The van der Waals surface area contributed by atoms with Crippen molar-refractivity contribution in [2.24, 2.45) is 0 Å². The molecule has 0 fully saturated rings. The number of hydrogen-bond donors (Lipinski definition) is 3. The Balaban J connectivity index is 1.39. The summed E-state index contributed by atoms with van der Waals surface area (Å²) in [6.45, 7) is 4.72. The molecule has 0 saturated carbocycles. The van der Waals surface area contributed by atoms with E-state index in [1.807, 2.05) is 60.0 Å². The Morgan fingerprint density at radius 2 is 1.89 bits per heavy atom. The van der Waals surface area contributed by atoms with Gasteiger partial charge < -0.3 is 26.1 Å². The first-order valence-corrected chi connectivity index (χ1v) is 11.9. The normalized spacial score (nSPS) is 11.2. The summed E-state index contributed by atoms with van der Waals surface area (Å²) >= 11 is 0. The minimum Gasteiger partial charge on any atom is -0.490 e. The summed E-state index contributed by atoms with van der Waals surface area (Å²) in [5, 5.41) is 11.1. The number of hydrogen-bond acceptors (Lipinski definition) is 9. The highest BCUT2D eigenvalue weighted by Crippen LogP contribution is 2.36. The molecule has 0 radical (unpaired) electrons. The molecule has 10 nitrogen and oxygen atoms in total. The molecule has 3 heterocycles. The van der Waals surface area contributed by atoms with Crippen molar-refractivity contribution >= 4 is 22.5 Å². The maximum atomic E-state index is 6.21. The lowest BCUT2D eigenvalue weighted by Gasteiger charge is -2.12. The van der Waals surface area contributed by atoms with Gasteiger partial charge >= 0.3 is 0 Å². The van der Waals surface area contributed by atoms with E-state index in [2.05, 4.69) is 21.7 Å². The van der Waals surface area contributed by atoms with E-state index in [4.69, 9.17) is 30.8 Å². The quantitative estimate of drug-likeness (QED) is 0.199. The van der Waals surface area contributed by atoms with Gasteiger partial charge in [-0.25, -0.2) is 14.6 Å². The molecule has 36 heavy (non-hydrogen) atoms. The highest BCUT2D eigenvalue weighted by atomic mass is 16.6. The molecule has 184 valence electrons. The van der Waals surface area contributed by atoms with Gasteiger partial charge in [-0.15, -0.1) is 0 Å². The summed E-state index contributed by atoms with van der Waals surface area (Å²) in [5.41, 5.74) is 17.4. The molecular formula is C26H28N8O2. The molecule has 0 aliphatic carbocycles. The number of aryl methyl sites for hydroxylation is 1. The van der Waals surface area contributed by atoms with Crippen LogP contribution < -0.4 is 21.5 Å². The highest BCUT2D eigenvalue weighted by Gasteiger charge is 2.23. The van der Waals surface area contributed by atoms with E-state index in [1.165, 1.54) is 0 Å². The summed E-state index contributed by atoms with van der Waals surface area (Å²) in [6, 6.07) is 17.8. The predicted octanol–water partition coefficient (Wildman–Crippen LogP) is 3.89. The van der Waals surface area contributed by atoms with Gasteiger partial charge in [0.1, 0.15) is 11.0 Å². The zero-order valence-corrected chi connectivity index (χ0v) is 20.0. The van der Waals surface area contributed by atoms with Crippen LogP contribution in [0.1, 0.15) is 18.9 Å². The number of benzene rings is 2. The van der Waals surface area contributed by atoms with Crippen LogP contribution in [0.3, 0.4) is 0 Å². The largest absolute Gasteiger partial charge is 0.490 e. The first-order chi connectivity index (χ1) is 17.7. The molecule has 0 saturated heterocycles. The van der Waals surface area contributed by atoms with E-state index < -0.39 is 0 Å². The third-order valence-corrected chi connectivity index (χ3v) is 5.86. The first kappa shape index (κ1) is 23.3. The summed E-state index contributed by atoms with van der Waals surface area (Å²) in [7, 11) is 0. The molecular weight excluding hydrogens is 456 g/mol. The smallest absolute Gasteiger partial charge is 0.199 e. The molecule has 0 aliphatic rings. The molecule has 0 aliphatic heterocycles. The molecule has 0 amide bonds. The van der Waals surface area contributed by atoms with Crippen molar-refractivity contribution < 1.29 is 9.37 Å². The molecule has 0 spiro atoms. The van der Waals surface area contributed by atoms with Crippen LogP contribution in [-0.2, 0) is 13.1 Å². The van der Waals surface area contributed by atoms with Crippen LogP contribution in [0.2, 0.25) is 0 Å². The van der Waals surface area contributed by atoms with Crippen LogP contribution in [0.25, 0.3) is 33.8 Å². The van der Waals surface area contributed by atoms with Gasteiger partial charge in [0.25, 0.3) is 0 Å². The second-order valence-corrected chi connectivity index (χ2v) is 8.34. The zero-order chi connectivity index (χ0) is 24.9. The average Bonchev–Trinajstić information content (AvgIpc) is 3.49. The van der Waals surface area contributed by atoms with Crippen molar-refractivity contribution in [3.63, 3.8) is 0 Å². The van der Waals surface area contributed by atoms with E-state index >= 15 is 0 Å². The van der Waals surface area contributed by atoms with Gasteiger partial charge in [0.2, 0.25) is 0 Å². The summed E-state index contributed by atoms with van der Waals surface area (Å²) in [4.78, 5) is 9.59. The van der Waals surface area contributed by atoms with Gasteiger partial charge in [0.05, 0.1) is 18.5 Å². The van der Waals surface area contributed by atoms with Crippen LogP contribution in [0.4, 0.5) is 11.5 Å². The Morgan fingerprint density at radius 3 is 2.64 bits per heavy atom. The van der Waals surface area contributed by atoms with E-state index in [0.717, 1.165) is 47.5 Å². The SMILES string of the molecule is CCn1c(-c2nonc2N)nc2c(-c3ccccc3)ncc(OCCCNCc3cccc(N)c3)c21. The van der Waals surface area contributed by atoms with E-state index in [0.29, 0.717) is 35.9 Å². The number of nitrogen functional groups attached to an aromatic ring is 2. The number of ether oxygens (including phenoxy) is 1. The molecule has 0 unspecified atom stereocenters. The van der Waals surface area contributed by atoms with Crippen molar-refractivity contribution in [2.45, 2.75) is 26.4 Å². The molecule has 2 aromatic carbocycles. The van der Waals surface area contributed by atoms with Crippen LogP contribution >= 0.6 is 0 Å². The number of nitrogens with one attached hydrogen (secondary N) is 1. The molecule has 5 N–H and O–H groups in total. The molecule has 10 heteroatoms. The summed E-state index contributed by atoms with van der Waals surface area (Å²) in [5.74, 6) is 1.39. The summed E-state index contributed by atoms with van der Waals surface area (Å²) in [6.07, 6.45) is 2.57. The zero-order valence-electron chi connectivity index (χ0n) is 20.0. The van der Waals surface area contributed by atoms with Crippen LogP contribution in [0.5, 0.6) is 5.75 Å². The van der Waals surface area contributed by atoms with Crippen molar-refractivity contribution in [3.05, 3.63) is 66.4 Å². The van der Waals surface area contributed by atoms with Crippen molar-refractivity contribution in [3.8, 4) is 28.5 Å². The highest BCUT2D eigenvalue weighted by molar-refractivity contribution is 5.95. The van der Waals surface area contributed by atoms with E-state index in [-0.39, 0.29) is 5.82 Å². The Labute approximate surface area is 208 Å².